The number of carbonyl (C=O) groups is 1. The van der Waals surface area contributed by atoms with Gasteiger partial charge in [-0.3, -0.25) is 9.69 Å². The summed E-state index contributed by atoms with van der Waals surface area (Å²) in [7, 11) is 0. The maximum atomic E-state index is 12.0. The van der Waals surface area contributed by atoms with Crippen LogP contribution in [0.2, 0.25) is 0 Å². The van der Waals surface area contributed by atoms with E-state index >= 15 is 0 Å². The molecule has 0 aliphatic heterocycles. The van der Waals surface area contributed by atoms with Crippen molar-refractivity contribution in [1.29, 1.82) is 0 Å². The van der Waals surface area contributed by atoms with E-state index in [1.165, 1.54) is 0 Å². The number of Topliss-reactive ketones (excluding diaryl/α,β-unsaturated/α-hetero) is 1. The predicted molar refractivity (Wildman–Crippen MR) is 72.3 cm³/mol. The summed E-state index contributed by atoms with van der Waals surface area (Å²) in [4.78, 5) is 14.0. The van der Waals surface area contributed by atoms with Crippen molar-refractivity contribution in [3.63, 3.8) is 0 Å². The van der Waals surface area contributed by atoms with Crippen LogP contribution < -0.4 is 0 Å². The first-order valence-corrected chi connectivity index (χ1v) is 6.47. The normalized spacial score (nSPS) is 11.2. The Bertz CT molecular complexity index is 362. The van der Waals surface area contributed by atoms with Gasteiger partial charge in [0.1, 0.15) is 0 Å². The van der Waals surface area contributed by atoms with Gasteiger partial charge in [-0.25, -0.2) is 0 Å². The third kappa shape index (κ3) is 4.58. The van der Waals surface area contributed by atoms with Gasteiger partial charge in [-0.1, -0.05) is 28.1 Å². The lowest BCUT2D eigenvalue weighted by Gasteiger charge is -2.24. The fraction of sp³-hybridized carbons (Fsp3) is 0.462. The SMILES string of the molecule is CC(C)N(CCO)CC(=O)c1ccc(Br)cc1. The van der Waals surface area contributed by atoms with Crippen LogP contribution in [-0.4, -0.2) is 41.5 Å². The van der Waals surface area contributed by atoms with Crippen LogP contribution in [0.3, 0.4) is 0 Å². The number of hydrogen-bond acceptors (Lipinski definition) is 3. The molecule has 0 spiro atoms. The fourth-order valence-electron chi connectivity index (χ4n) is 1.56. The minimum atomic E-state index is 0.0752. The number of nitrogens with zero attached hydrogens (tertiary/aromatic N) is 1. The molecule has 0 saturated carbocycles. The Labute approximate surface area is 111 Å². The van der Waals surface area contributed by atoms with Gasteiger partial charge in [-0.05, 0) is 26.0 Å². The van der Waals surface area contributed by atoms with E-state index in [2.05, 4.69) is 15.9 Å². The van der Waals surface area contributed by atoms with Gasteiger partial charge in [0.25, 0.3) is 0 Å². The standard InChI is InChI=1S/C13H18BrNO2/c1-10(2)15(7-8-16)9-13(17)11-3-5-12(14)6-4-11/h3-6,10,16H,7-9H2,1-2H3. The molecule has 0 aliphatic carbocycles. The zero-order chi connectivity index (χ0) is 12.8. The lowest BCUT2D eigenvalue weighted by molar-refractivity contribution is 0.0881. The van der Waals surface area contributed by atoms with Crippen molar-refractivity contribution < 1.29 is 9.90 Å². The Hall–Kier alpha value is -0.710. The number of benzene rings is 1. The van der Waals surface area contributed by atoms with Gasteiger partial charge >= 0.3 is 0 Å². The molecule has 0 fully saturated rings. The lowest BCUT2D eigenvalue weighted by atomic mass is 10.1. The minimum absolute atomic E-state index is 0.0752. The van der Waals surface area contributed by atoms with Crippen LogP contribution >= 0.6 is 15.9 Å². The van der Waals surface area contributed by atoms with Crippen molar-refractivity contribution >= 4 is 21.7 Å². The highest BCUT2D eigenvalue weighted by Crippen LogP contribution is 2.11. The average Bonchev–Trinajstić information content (AvgIpc) is 2.29. The highest BCUT2D eigenvalue weighted by atomic mass is 79.9. The van der Waals surface area contributed by atoms with Crippen LogP contribution in [-0.2, 0) is 0 Å². The smallest absolute Gasteiger partial charge is 0.176 e. The van der Waals surface area contributed by atoms with E-state index in [1.54, 1.807) is 0 Å². The van der Waals surface area contributed by atoms with Crippen molar-refractivity contribution in [2.75, 3.05) is 19.7 Å². The summed E-state index contributed by atoms with van der Waals surface area (Å²) in [6, 6.07) is 7.59. The van der Waals surface area contributed by atoms with Crippen LogP contribution in [0.4, 0.5) is 0 Å². The Balaban J connectivity index is 2.66. The first-order chi connectivity index (χ1) is 8.04. The number of rotatable bonds is 6. The molecule has 0 saturated heterocycles. The minimum Gasteiger partial charge on any atom is -0.395 e. The molecule has 1 N–H and O–H groups in total. The molecule has 0 aromatic heterocycles. The molecule has 0 bridgehead atoms. The van der Waals surface area contributed by atoms with Crippen molar-refractivity contribution in [2.24, 2.45) is 0 Å². The summed E-state index contributed by atoms with van der Waals surface area (Å²) in [6.07, 6.45) is 0. The number of hydrogen-bond donors (Lipinski definition) is 1. The van der Waals surface area contributed by atoms with Crippen LogP contribution in [0.15, 0.2) is 28.7 Å². The molecular weight excluding hydrogens is 282 g/mol. The molecule has 1 rings (SSSR count). The van der Waals surface area contributed by atoms with Crippen LogP contribution in [0.1, 0.15) is 24.2 Å². The molecule has 0 aliphatic rings. The number of aliphatic hydroxyl groups is 1. The molecule has 0 amide bonds. The third-order valence-electron chi connectivity index (χ3n) is 2.63. The number of ketones is 1. The van der Waals surface area contributed by atoms with Gasteiger partial charge in [-0.15, -0.1) is 0 Å². The molecule has 4 heteroatoms. The van der Waals surface area contributed by atoms with E-state index < -0.39 is 0 Å². The van der Waals surface area contributed by atoms with Crippen molar-refractivity contribution in [3.8, 4) is 0 Å². The van der Waals surface area contributed by atoms with Gasteiger partial charge in [0, 0.05) is 22.6 Å². The molecule has 0 unspecified atom stereocenters. The lowest BCUT2D eigenvalue weighted by Crippen LogP contribution is -2.37. The number of halogens is 1. The molecule has 1 aromatic rings. The van der Waals surface area contributed by atoms with Crippen LogP contribution in [0, 0.1) is 0 Å². The fourth-order valence-corrected chi connectivity index (χ4v) is 1.82. The summed E-state index contributed by atoms with van der Waals surface area (Å²) >= 11 is 3.34. The quantitative estimate of drug-likeness (QED) is 0.820. The molecule has 94 valence electrons. The highest BCUT2D eigenvalue weighted by molar-refractivity contribution is 9.10. The number of carbonyl (C=O) groups excluding carboxylic acids is 1. The number of aliphatic hydroxyl groups excluding tert-OH is 1. The largest absolute Gasteiger partial charge is 0.395 e. The van der Waals surface area contributed by atoms with Gasteiger partial charge < -0.3 is 5.11 Å². The van der Waals surface area contributed by atoms with E-state index in [9.17, 15) is 4.79 Å². The molecule has 17 heavy (non-hydrogen) atoms. The van der Waals surface area contributed by atoms with Crippen molar-refractivity contribution in [2.45, 2.75) is 19.9 Å². The zero-order valence-corrected chi connectivity index (χ0v) is 11.8. The Kier molecular flexibility index (Phi) is 5.82. The van der Waals surface area contributed by atoms with E-state index in [0.717, 1.165) is 4.47 Å². The Morgan fingerprint density at radius 3 is 2.41 bits per heavy atom. The summed E-state index contributed by atoms with van der Waals surface area (Å²) in [5.41, 5.74) is 0.705. The molecule has 3 nitrogen and oxygen atoms in total. The monoisotopic (exact) mass is 299 g/mol. The van der Waals surface area contributed by atoms with E-state index in [0.29, 0.717) is 18.7 Å². The van der Waals surface area contributed by atoms with Gasteiger partial charge in [0.2, 0.25) is 0 Å². The summed E-state index contributed by atoms with van der Waals surface area (Å²) in [5.74, 6) is 0.0830. The summed E-state index contributed by atoms with van der Waals surface area (Å²) in [5, 5.41) is 8.95. The third-order valence-corrected chi connectivity index (χ3v) is 3.16. The zero-order valence-electron chi connectivity index (χ0n) is 10.2. The Morgan fingerprint density at radius 2 is 1.94 bits per heavy atom. The first-order valence-electron chi connectivity index (χ1n) is 5.68. The van der Waals surface area contributed by atoms with Crippen molar-refractivity contribution in [3.05, 3.63) is 34.3 Å². The predicted octanol–water partition coefficient (Wildman–Crippen LogP) is 2.33. The van der Waals surface area contributed by atoms with E-state index in [1.807, 2.05) is 43.0 Å². The van der Waals surface area contributed by atoms with Crippen LogP contribution in [0.25, 0.3) is 0 Å². The Morgan fingerprint density at radius 1 is 1.35 bits per heavy atom. The molecule has 1 aromatic carbocycles. The maximum Gasteiger partial charge on any atom is 0.176 e. The van der Waals surface area contributed by atoms with Gasteiger partial charge in [0.15, 0.2) is 5.78 Å². The summed E-state index contributed by atoms with van der Waals surface area (Å²) < 4.78 is 0.963. The molecule has 0 heterocycles. The molecular formula is C13H18BrNO2. The second-order valence-corrected chi connectivity index (χ2v) is 5.13. The average molecular weight is 300 g/mol. The second-order valence-electron chi connectivity index (χ2n) is 4.22. The second kappa shape index (κ2) is 6.89. The highest BCUT2D eigenvalue weighted by Gasteiger charge is 2.14. The first kappa shape index (κ1) is 14.4. The van der Waals surface area contributed by atoms with E-state index in [-0.39, 0.29) is 18.4 Å². The maximum absolute atomic E-state index is 12.0. The molecule has 0 atom stereocenters. The molecule has 0 radical (unpaired) electrons. The van der Waals surface area contributed by atoms with E-state index in [4.69, 9.17) is 5.11 Å². The summed E-state index contributed by atoms with van der Waals surface area (Å²) in [6.45, 7) is 4.99. The topological polar surface area (TPSA) is 40.5 Å². The van der Waals surface area contributed by atoms with Gasteiger partial charge in [-0.2, -0.15) is 0 Å². The van der Waals surface area contributed by atoms with Gasteiger partial charge in [0.05, 0.1) is 13.2 Å². The van der Waals surface area contributed by atoms with Crippen molar-refractivity contribution in [1.82, 2.24) is 4.90 Å². The van der Waals surface area contributed by atoms with Crippen LogP contribution in [0.5, 0.6) is 0 Å².